The van der Waals surface area contributed by atoms with Crippen LogP contribution in [-0.4, -0.2) is 47.5 Å². The van der Waals surface area contributed by atoms with E-state index in [9.17, 15) is 18.8 Å². The number of hydrogen-bond acceptors (Lipinski definition) is 4. The van der Waals surface area contributed by atoms with Crippen LogP contribution in [0.1, 0.15) is 12.0 Å². The number of amides is 3. The SMILES string of the molecule is O=C(N[C@H]1C[C@H]2C(=O)N[C@H](Cc3ccccc3)C(=O)N2C1)Oc1ccc(F)cc1. The first-order valence-electron chi connectivity index (χ1n) is 9.38. The molecular weight excluding hydrogens is 377 g/mol. The van der Waals surface area contributed by atoms with Crippen molar-refractivity contribution in [3.05, 3.63) is 66.0 Å². The van der Waals surface area contributed by atoms with E-state index in [1.807, 2.05) is 30.3 Å². The summed E-state index contributed by atoms with van der Waals surface area (Å²) in [6, 6.07) is 12.9. The van der Waals surface area contributed by atoms with E-state index in [0.29, 0.717) is 12.8 Å². The van der Waals surface area contributed by atoms with Crippen LogP contribution in [-0.2, 0) is 16.0 Å². The van der Waals surface area contributed by atoms with Gasteiger partial charge in [0.2, 0.25) is 11.8 Å². The van der Waals surface area contributed by atoms with Gasteiger partial charge in [-0.05, 0) is 36.2 Å². The fourth-order valence-corrected chi connectivity index (χ4v) is 3.76. The molecule has 2 aromatic rings. The predicted molar refractivity (Wildman–Crippen MR) is 102 cm³/mol. The third-order valence-electron chi connectivity index (χ3n) is 5.13. The number of halogens is 1. The summed E-state index contributed by atoms with van der Waals surface area (Å²) in [6.07, 6.45) is 0.0168. The number of benzene rings is 2. The second-order valence-electron chi connectivity index (χ2n) is 7.18. The first-order valence-corrected chi connectivity index (χ1v) is 9.38. The molecule has 2 heterocycles. The number of nitrogens with one attached hydrogen (secondary N) is 2. The lowest BCUT2D eigenvalue weighted by atomic mass is 10.0. The van der Waals surface area contributed by atoms with Gasteiger partial charge in [0.1, 0.15) is 23.7 Å². The lowest BCUT2D eigenvalue weighted by Crippen LogP contribution is -2.61. The molecule has 29 heavy (non-hydrogen) atoms. The Balaban J connectivity index is 1.37. The van der Waals surface area contributed by atoms with E-state index >= 15 is 0 Å². The summed E-state index contributed by atoms with van der Waals surface area (Å²) in [6.45, 7) is 0.237. The van der Waals surface area contributed by atoms with Gasteiger partial charge in [-0.25, -0.2) is 9.18 Å². The third-order valence-corrected chi connectivity index (χ3v) is 5.13. The molecule has 0 bridgehead atoms. The number of ether oxygens (including phenoxy) is 1. The van der Waals surface area contributed by atoms with Gasteiger partial charge in [0.05, 0.1) is 6.04 Å². The van der Waals surface area contributed by atoms with Gasteiger partial charge in [0.15, 0.2) is 0 Å². The Kier molecular flexibility index (Phi) is 5.16. The van der Waals surface area contributed by atoms with Crippen molar-refractivity contribution >= 4 is 17.9 Å². The van der Waals surface area contributed by atoms with Gasteiger partial charge in [-0.15, -0.1) is 0 Å². The van der Waals surface area contributed by atoms with Crippen molar-refractivity contribution in [2.45, 2.75) is 31.0 Å². The third kappa shape index (κ3) is 4.21. The molecule has 2 aromatic carbocycles. The van der Waals surface area contributed by atoms with E-state index in [1.54, 1.807) is 0 Å². The molecule has 0 radical (unpaired) electrons. The number of piperazine rings is 1. The van der Waals surface area contributed by atoms with Crippen LogP contribution >= 0.6 is 0 Å². The molecule has 0 aromatic heterocycles. The van der Waals surface area contributed by atoms with Gasteiger partial charge in [-0.2, -0.15) is 0 Å². The number of rotatable bonds is 4. The molecule has 0 spiro atoms. The standard InChI is InChI=1S/C21H20FN3O4/c22-14-6-8-16(9-7-14)29-21(28)23-15-11-18-19(26)24-17(20(27)25(18)12-15)10-13-4-2-1-3-5-13/h1-9,15,17-18H,10-12H2,(H,23,28)(H,24,26)/t15-,17+,18-/m0/s1. The monoisotopic (exact) mass is 397 g/mol. The van der Waals surface area contributed by atoms with E-state index in [0.717, 1.165) is 5.56 Å². The summed E-state index contributed by atoms with van der Waals surface area (Å²) < 4.78 is 18.1. The zero-order chi connectivity index (χ0) is 20.4. The van der Waals surface area contributed by atoms with Gasteiger partial charge >= 0.3 is 6.09 Å². The first kappa shape index (κ1) is 18.9. The lowest BCUT2D eigenvalue weighted by Gasteiger charge is -2.34. The topological polar surface area (TPSA) is 87.7 Å². The van der Waals surface area contributed by atoms with Gasteiger partial charge < -0.3 is 20.3 Å². The Morgan fingerprint density at radius 3 is 2.59 bits per heavy atom. The number of hydrogen-bond donors (Lipinski definition) is 2. The predicted octanol–water partition coefficient (Wildman–Crippen LogP) is 1.62. The quantitative estimate of drug-likeness (QED) is 0.821. The minimum atomic E-state index is -0.713. The van der Waals surface area contributed by atoms with Crippen molar-refractivity contribution in [2.24, 2.45) is 0 Å². The lowest BCUT2D eigenvalue weighted by molar-refractivity contribution is -0.147. The van der Waals surface area contributed by atoms with Crippen molar-refractivity contribution < 1.29 is 23.5 Å². The molecule has 0 unspecified atom stereocenters. The maximum Gasteiger partial charge on any atom is 0.412 e. The Labute approximate surface area is 166 Å². The van der Waals surface area contributed by atoms with E-state index in [-0.39, 0.29) is 24.1 Å². The molecular formula is C21H20FN3O4. The van der Waals surface area contributed by atoms with E-state index in [1.165, 1.54) is 29.2 Å². The summed E-state index contributed by atoms with van der Waals surface area (Å²) >= 11 is 0. The minimum Gasteiger partial charge on any atom is -0.410 e. The van der Waals surface area contributed by atoms with Crippen LogP contribution in [0.3, 0.4) is 0 Å². The van der Waals surface area contributed by atoms with Gasteiger partial charge in [-0.3, -0.25) is 9.59 Å². The van der Waals surface area contributed by atoms with Gasteiger partial charge in [0, 0.05) is 13.0 Å². The molecule has 4 rings (SSSR count). The molecule has 2 saturated heterocycles. The number of carbonyl (C=O) groups is 3. The van der Waals surface area contributed by atoms with Crippen LogP contribution in [0.4, 0.5) is 9.18 Å². The molecule has 3 atom stereocenters. The molecule has 0 saturated carbocycles. The van der Waals surface area contributed by atoms with Crippen LogP contribution in [0.15, 0.2) is 54.6 Å². The normalized spacial score (nSPS) is 23.3. The molecule has 2 aliphatic rings. The van der Waals surface area contributed by atoms with Crippen molar-refractivity contribution in [3.8, 4) is 5.75 Å². The summed E-state index contributed by atoms with van der Waals surface area (Å²) in [5, 5.41) is 5.47. The zero-order valence-corrected chi connectivity index (χ0v) is 15.5. The molecule has 2 aliphatic heterocycles. The van der Waals surface area contributed by atoms with Gasteiger partial charge in [-0.1, -0.05) is 30.3 Å². The molecule has 150 valence electrons. The Morgan fingerprint density at radius 1 is 1.14 bits per heavy atom. The maximum absolute atomic E-state index is 12.9. The average molecular weight is 397 g/mol. The Hall–Kier alpha value is -3.42. The fraction of sp³-hybridized carbons (Fsp3) is 0.286. The summed E-state index contributed by atoms with van der Waals surface area (Å²) in [5.41, 5.74) is 0.960. The highest BCUT2D eigenvalue weighted by atomic mass is 19.1. The zero-order valence-electron chi connectivity index (χ0n) is 15.5. The minimum absolute atomic E-state index is 0.158. The number of fused-ring (bicyclic) bond motifs is 1. The first-order chi connectivity index (χ1) is 14.0. The highest BCUT2D eigenvalue weighted by Crippen LogP contribution is 2.24. The van der Waals surface area contributed by atoms with Crippen LogP contribution in [0.25, 0.3) is 0 Å². The van der Waals surface area contributed by atoms with Crippen LogP contribution in [0.2, 0.25) is 0 Å². The van der Waals surface area contributed by atoms with Gasteiger partial charge in [0.25, 0.3) is 0 Å². The summed E-state index contributed by atoms with van der Waals surface area (Å²) in [7, 11) is 0. The highest BCUT2D eigenvalue weighted by molar-refractivity contribution is 5.97. The molecule has 0 aliphatic carbocycles. The van der Waals surface area contributed by atoms with Crippen molar-refractivity contribution in [1.29, 1.82) is 0 Å². The largest absolute Gasteiger partial charge is 0.412 e. The summed E-state index contributed by atoms with van der Waals surface area (Å²) in [5.74, 6) is -0.604. The van der Waals surface area contributed by atoms with Crippen molar-refractivity contribution in [3.63, 3.8) is 0 Å². The van der Waals surface area contributed by atoms with E-state index < -0.39 is 30.0 Å². The summed E-state index contributed by atoms with van der Waals surface area (Å²) in [4.78, 5) is 39.0. The van der Waals surface area contributed by atoms with Crippen molar-refractivity contribution in [2.75, 3.05) is 6.54 Å². The molecule has 2 fully saturated rings. The number of nitrogens with zero attached hydrogens (tertiary/aromatic N) is 1. The molecule has 8 heteroatoms. The number of carbonyl (C=O) groups excluding carboxylic acids is 3. The fourth-order valence-electron chi connectivity index (χ4n) is 3.76. The molecule has 3 amide bonds. The maximum atomic E-state index is 12.9. The molecule has 7 nitrogen and oxygen atoms in total. The van der Waals surface area contributed by atoms with Crippen LogP contribution in [0.5, 0.6) is 5.75 Å². The smallest absolute Gasteiger partial charge is 0.410 e. The average Bonchev–Trinajstić information content (AvgIpc) is 3.13. The van der Waals surface area contributed by atoms with Crippen LogP contribution in [0, 0.1) is 5.82 Å². The Bertz CT molecular complexity index is 919. The highest BCUT2D eigenvalue weighted by Gasteiger charge is 2.46. The van der Waals surface area contributed by atoms with E-state index in [4.69, 9.17) is 4.74 Å². The second kappa shape index (κ2) is 7.90. The second-order valence-corrected chi connectivity index (χ2v) is 7.18. The van der Waals surface area contributed by atoms with Crippen LogP contribution < -0.4 is 15.4 Å². The Morgan fingerprint density at radius 2 is 1.86 bits per heavy atom. The van der Waals surface area contributed by atoms with E-state index in [2.05, 4.69) is 10.6 Å². The molecule has 2 N–H and O–H groups in total. The van der Waals surface area contributed by atoms with Crippen molar-refractivity contribution in [1.82, 2.24) is 15.5 Å².